The first-order chi connectivity index (χ1) is 13.8. The second-order valence-corrected chi connectivity index (χ2v) is 8.26. The Morgan fingerprint density at radius 3 is 2.39 bits per heavy atom. The lowest BCUT2D eigenvalue weighted by molar-refractivity contribution is 0.0176. The maximum atomic E-state index is 5.55. The summed E-state index contributed by atoms with van der Waals surface area (Å²) in [5.74, 6) is 0.900. The maximum Gasteiger partial charge on any atom is 0.191 e. The van der Waals surface area contributed by atoms with Crippen LogP contribution in [0.4, 0.5) is 0 Å². The van der Waals surface area contributed by atoms with Gasteiger partial charge < -0.3 is 20.1 Å². The van der Waals surface area contributed by atoms with E-state index in [1.165, 1.54) is 4.88 Å². The Kier molecular flexibility index (Phi) is 9.01. The molecule has 2 aliphatic rings. The van der Waals surface area contributed by atoms with E-state index in [1.54, 1.807) is 0 Å². The monoisotopic (exact) mass is 409 g/mol. The number of ether oxygens (including phenoxy) is 2. The second kappa shape index (κ2) is 11.7. The molecule has 8 heteroatoms. The van der Waals surface area contributed by atoms with Crippen molar-refractivity contribution in [1.82, 2.24) is 20.4 Å². The van der Waals surface area contributed by atoms with E-state index in [2.05, 4.69) is 51.8 Å². The number of rotatable bonds is 8. The summed E-state index contributed by atoms with van der Waals surface area (Å²) in [5.41, 5.74) is 0. The highest BCUT2D eigenvalue weighted by molar-refractivity contribution is 7.10. The first kappa shape index (κ1) is 21.5. The molecule has 158 valence electrons. The summed E-state index contributed by atoms with van der Waals surface area (Å²) < 4.78 is 11.0. The van der Waals surface area contributed by atoms with Crippen molar-refractivity contribution in [2.75, 3.05) is 72.2 Å². The smallest absolute Gasteiger partial charge is 0.191 e. The van der Waals surface area contributed by atoms with Crippen molar-refractivity contribution in [1.29, 1.82) is 0 Å². The van der Waals surface area contributed by atoms with E-state index in [9.17, 15) is 0 Å². The van der Waals surface area contributed by atoms with Crippen LogP contribution in [0.3, 0.4) is 0 Å². The Balaban J connectivity index is 1.58. The normalized spacial score (nSPS) is 22.0. The van der Waals surface area contributed by atoms with Gasteiger partial charge in [0.15, 0.2) is 5.96 Å². The van der Waals surface area contributed by atoms with Gasteiger partial charge in [0.1, 0.15) is 0 Å². The summed E-state index contributed by atoms with van der Waals surface area (Å²) in [6.07, 6.45) is 0. The van der Waals surface area contributed by atoms with Crippen molar-refractivity contribution in [3.8, 4) is 0 Å². The number of thiophene rings is 1. The van der Waals surface area contributed by atoms with Gasteiger partial charge in [0, 0.05) is 50.2 Å². The number of hydrogen-bond donors (Lipinski definition) is 2. The van der Waals surface area contributed by atoms with E-state index < -0.39 is 0 Å². The Morgan fingerprint density at radius 1 is 1.11 bits per heavy atom. The van der Waals surface area contributed by atoms with Crippen LogP contribution in [0, 0.1) is 0 Å². The molecule has 0 saturated carbocycles. The highest BCUT2D eigenvalue weighted by atomic mass is 32.1. The zero-order valence-corrected chi connectivity index (χ0v) is 18.0. The van der Waals surface area contributed by atoms with Crippen LogP contribution in [0.15, 0.2) is 22.5 Å². The molecule has 3 rings (SSSR count). The molecule has 0 spiro atoms. The molecule has 0 bridgehead atoms. The molecule has 0 aromatic carbocycles. The molecule has 2 aliphatic heterocycles. The SMILES string of the molecule is CCNC(=NCC(C)N1CCOCC1)NCC(c1cccs1)N1CCOCC1. The lowest BCUT2D eigenvalue weighted by Gasteiger charge is -2.34. The van der Waals surface area contributed by atoms with Gasteiger partial charge in [-0.1, -0.05) is 6.07 Å². The average molecular weight is 410 g/mol. The third kappa shape index (κ3) is 6.42. The fraction of sp³-hybridized carbons (Fsp3) is 0.750. The van der Waals surface area contributed by atoms with Crippen LogP contribution in [0.5, 0.6) is 0 Å². The minimum absolute atomic E-state index is 0.351. The third-order valence-electron chi connectivity index (χ3n) is 5.35. The van der Waals surface area contributed by atoms with Gasteiger partial charge in [-0.25, -0.2) is 0 Å². The van der Waals surface area contributed by atoms with Gasteiger partial charge in [-0.2, -0.15) is 0 Å². The lowest BCUT2D eigenvalue weighted by Crippen LogP contribution is -2.47. The first-order valence-electron chi connectivity index (χ1n) is 10.5. The maximum absolute atomic E-state index is 5.55. The molecule has 2 atom stereocenters. The number of hydrogen-bond acceptors (Lipinski definition) is 6. The summed E-state index contributed by atoms with van der Waals surface area (Å²) in [7, 11) is 0. The van der Waals surface area contributed by atoms with Crippen molar-refractivity contribution in [2.45, 2.75) is 25.9 Å². The summed E-state index contributed by atoms with van der Waals surface area (Å²) >= 11 is 1.83. The average Bonchev–Trinajstić information content (AvgIpc) is 3.28. The van der Waals surface area contributed by atoms with Gasteiger partial charge >= 0.3 is 0 Å². The molecule has 3 heterocycles. The second-order valence-electron chi connectivity index (χ2n) is 7.28. The number of aliphatic imine (C=N–C) groups is 1. The largest absolute Gasteiger partial charge is 0.379 e. The van der Waals surface area contributed by atoms with E-state index in [4.69, 9.17) is 14.5 Å². The van der Waals surface area contributed by atoms with Crippen LogP contribution < -0.4 is 10.6 Å². The van der Waals surface area contributed by atoms with Crippen LogP contribution in [0.2, 0.25) is 0 Å². The molecular weight excluding hydrogens is 374 g/mol. The van der Waals surface area contributed by atoms with Gasteiger partial charge in [0.25, 0.3) is 0 Å². The molecule has 1 aromatic heterocycles. The number of morpholine rings is 2. The van der Waals surface area contributed by atoms with Crippen LogP contribution >= 0.6 is 11.3 Å². The quantitative estimate of drug-likeness (QED) is 0.500. The number of nitrogens with zero attached hydrogens (tertiary/aromatic N) is 3. The highest BCUT2D eigenvalue weighted by Crippen LogP contribution is 2.25. The van der Waals surface area contributed by atoms with Gasteiger partial charge in [0.05, 0.1) is 39.0 Å². The molecule has 0 radical (unpaired) electrons. The Hall–Kier alpha value is -1.19. The van der Waals surface area contributed by atoms with Gasteiger partial charge in [-0.05, 0) is 25.3 Å². The summed E-state index contributed by atoms with van der Waals surface area (Å²) in [6.45, 7) is 14.1. The number of nitrogens with one attached hydrogen (secondary N) is 2. The third-order valence-corrected chi connectivity index (χ3v) is 6.32. The van der Waals surface area contributed by atoms with Crippen LogP contribution in [-0.2, 0) is 9.47 Å². The molecule has 0 amide bonds. The molecule has 7 nitrogen and oxygen atoms in total. The molecule has 2 N–H and O–H groups in total. The number of guanidine groups is 1. The van der Waals surface area contributed by atoms with Crippen molar-refractivity contribution >= 4 is 17.3 Å². The van der Waals surface area contributed by atoms with Crippen molar-refractivity contribution < 1.29 is 9.47 Å². The van der Waals surface area contributed by atoms with Crippen molar-refractivity contribution in [2.24, 2.45) is 4.99 Å². The zero-order chi connectivity index (χ0) is 19.6. The highest BCUT2D eigenvalue weighted by Gasteiger charge is 2.24. The summed E-state index contributed by atoms with van der Waals surface area (Å²) in [5, 5.41) is 9.14. The minimum Gasteiger partial charge on any atom is -0.379 e. The Labute approximate surface area is 173 Å². The fourth-order valence-corrected chi connectivity index (χ4v) is 4.53. The lowest BCUT2D eigenvalue weighted by atomic mass is 10.2. The molecule has 28 heavy (non-hydrogen) atoms. The van der Waals surface area contributed by atoms with Crippen LogP contribution in [0.1, 0.15) is 24.8 Å². The van der Waals surface area contributed by atoms with Crippen LogP contribution in [0.25, 0.3) is 0 Å². The molecular formula is C20H35N5O2S. The first-order valence-corrected chi connectivity index (χ1v) is 11.3. The fourth-order valence-electron chi connectivity index (χ4n) is 3.67. The molecule has 2 unspecified atom stereocenters. The minimum atomic E-state index is 0.351. The van der Waals surface area contributed by atoms with Gasteiger partial charge in [-0.3, -0.25) is 14.8 Å². The van der Waals surface area contributed by atoms with E-state index in [0.717, 1.165) is 78.2 Å². The standard InChI is InChI=1S/C20H35N5O2S/c1-3-21-20(22-15-17(2)24-6-10-26-11-7-24)23-16-18(19-5-4-14-28-19)25-8-12-27-13-9-25/h4-5,14,17-18H,3,6-13,15-16H2,1-2H3,(H2,21,22,23). The topological polar surface area (TPSA) is 61.4 Å². The van der Waals surface area contributed by atoms with Gasteiger partial charge in [0.2, 0.25) is 0 Å². The van der Waals surface area contributed by atoms with Crippen molar-refractivity contribution in [3.05, 3.63) is 22.4 Å². The van der Waals surface area contributed by atoms with Crippen molar-refractivity contribution in [3.63, 3.8) is 0 Å². The Bertz CT molecular complexity index is 571. The van der Waals surface area contributed by atoms with Gasteiger partial charge in [-0.15, -0.1) is 11.3 Å². The summed E-state index contributed by atoms with van der Waals surface area (Å²) in [6, 6.07) is 5.14. The van der Waals surface area contributed by atoms with E-state index >= 15 is 0 Å². The van der Waals surface area contributed by atoms with E-state index in [-0.39, 0.29) is 0 Å². The zero-order valence-electron chi connectivity index (χ0n) is 17.2. The molecule has 2 saturated heterocycles. The summed E-state index contributed by atoms with van der Waals surface area (Å²) in [4.78, 5) is 11.2. The molecule has 2 fully saturated rings. The molecule has 0 aliphatic carbocycles. The van der Waals surface area contributed by atoms with E-state index in [1.807, 2.05) is 11.3 Å². The Morgan fingerprint density at radius 2 is 1.79 bits per heavy atom. The predicted octanol–water partition coefficient (Wildman–Crippen LogP) is 1.40. The van der Waals surface area contributed by atoms with Crippen LogP contribution in [-0.4, -0.2) is 94.0 Å². The molecule has 1 aromatic rings. The van der Waals surface area contributed by atoms with E-state index in [0.29, 0.717) is 12.1 Å². The predicted molar refractivity (Wildman–Crippen MR) is 115 cm³/mol.